The van der Waals surface area contributed by atoms with E-state index in [0.29, 0.717) is 18.7 Å². The number of anilines is 1. The van der Waals surface area contributed by atoms with E-state index in [4.69, 9.17) is 0 Å². The number of hydrogen-bond donors (Lipinski definition) is 2. The predicted molar refractivity (Wildman–Crippen MR) is 125 cm³/mol. The average Bonchev–Trinajstić information content (AvgIpc) is 3.37. The number of hydrogen-bond acceptors (Lipinski definition) is 6. The lowest BCUT2D eigenvalue weighted by molar-refractivity contribution is 0.133. The van der Waals surface area contributed by atoms with Crippen molar-refractivity contribution in [3.05, 3.63) is 35.5 Å². The first kappa shape index (κ1) is 22.1. The number of nitrogens with one attached hydrogen (secondary N) is 2. The summed E-state index contributed by atoms with van der Waals surface area (Å²) in [6, 6.07) is 7.11. The molecule has 2 saturated heterocycles. The quantitative estimate of drug-likeness (QED) is 0.553. The molecule has 33 heavy (non-hydrogen) atoms. The number of piperidine rings is 1. The van der Waals surface area contributed by atoms with Crippen molar-refractivity contribution in [1.29, 1.82) is 0 Å². The van der Waals surface area contributed by atoms with Crippen LogP contribution in [0.4, 0.5) is 19.4 Å². The number of halogens is 2. The van der Waals surface area contributed by atoms with Gasteiger partial charge in [0.25, 0.3) is 0 Å². The van der Waals surface area contributed by atoms with Gasteiger partial charge in [-0.3, -0.25) is 5.32 Å². The van der Waals surface area contributed by atoms with E-state index in [1.54, 1.807) is 6.20 Å². The minimum absolute atomic E-state index is 0.0317. The normalized spacial score (nSPS) is 22.3. The minimum Gasteiger partial charge on any atom is -0.318 e. The van der Waals surface area contributed by atoms with Gasteiger partial charge in [0, 0.05) is 35.3 Å². The van der Waals surface area contributed by atoms with Crippen molar-refractivity contribution in [2.24, 2.45) is 0 Å². The van der Waals surface area contributed by atoms with Crippen molar-refractivity contribution >= 4 is 34.0 Å². The van der Waals surface area contributed by atoms with Crippen molar-refractivity contribution in [2.45, 2.75) is 56.8 Å². The van der Waals surface area contributed by atoms with Crippen LogP contribution in [0.15, 0.2) is 30.5 Å². The molecule has 3 aromatic rings. The first-order valence-corrected chi connectivity index (χ1v) is 12.0. The van der Waals surface area contributed by atoms with E-state index < -0.39 is 19.4 Å². The number of urea groups is 1. The van der Waals surface area contributed by atoms with Gasteiger partial charge in [-0.1, -0.05) is 23.5 Å². The van der Waals surface area contributed by atoms with Crippen LogP contribution in [-0.2, 0) is 0 Å². The smallest absolute Gasteiger partial charge is 0.318 e. The molecule has 2 aliphatic heterocycles. The molecular weight excluding hydrogens is 446 g/mol. The second-order valence-electron chi connectivity index (χ2n) is 8.82. The molecule has 7 nitrogen and oxygen atoms in total. The van der Waals surface area contributed by atoms with Gasteiger partial charge in [0.15, 0.2) is 0 Å². The summed E-state index contributed by atoms with van der Waals surface area (Å²) >= 11 is 1.54. The van der Waals surface area contributed by atoms with Gasteiger partial charge in [0.2, 0.25) is 0 Å². The highest BCUT2D eigenvalue weighted by Crippen LogP contribution is 2.36. The maximum atomic E-state index is 13.1. The Balaban J connectivity index is 1.29. The van der Waals surface area contributed by atoms with Crippen molar-refractivity contribution < 1.29 is 13.6 Å². The summed E-state index contributed by atoms with van der Waals surface area (Å²) in [6.45, 7) is 0.479. The first-order valence-electron chi connectivity index (χ1n) is 11.2. The zero-order valence-corrected chi connectivity index (χ0v) is 19.1. The highest BCUT2D eigenvalue weighted by Gasteiger charge is 2.43. The molecule has 1 aromatic carbocycles. The summed E-state index contributed by atoms with van der Waals surface area (Å²) in [4.78, 5) is 19.4. The zero-order chi connectivity index (χ0) is 22.9. The third-order valence-corrected chi connectivity index (χ3v) is 7.43. The topological polar surface area (TPSA) is 83.0 Å². The van der Waals surface area contributed by atoms with Crippen molar-refractivity contribution in [2.75, 3.05) is 18.7 Å². The largest absolute Gasteiger partial charge is 0.323 e. The number of aryl methyl sites for hydroxylation is 1. The SMILES string of the molecule is Cc1nnc(-c2ccc3cnc(NC(=O)N4[C@@H]5CC[C@H]4C[C@@H](NC(CF)CF)C5)cc3c2)s1. The number of pyridine rings is 1. The molecule has 2 N–H and O–H groups in total. The van der Waals surface area contributed by atoms with Crippen LogP contribution in [0.3, 0.4) is 0 Å². The summed E-state index contributed by atoms with van der Waals surface area (Å²) in [7, 11) is 0. The van der Waals surface area contributed by atoms with Gasteiger partial charge in [-0.2, -0.15) is 0 Å². The van der Waals surface area contributed by atoms with Crippen LogP contribution in [0.5, 0.6) is 0 Å². The van der Waals surface area contributed by atoms with Gasteiger partial charge in [-0.15, -0.1) is 10.2 Å². The minimum atomic E-state index is -0.759. The van der Waals surface area contributed by atoms with Gasteiger partial charge >= 0.3 is 6.03 Å². The molecule has 2 fully saturated rings. The number of rotatable bonds is 6. The maximum Gasteiger partial charge on any atom is 0.323 e. The Bertz CT molecular complexity index is 1140. The van der Waals surface area contributed by atoms with Crippen LogP contribution in [0, 0.1) is 6.92 Å². The van der Waals surface area contributed by atoms with E-state index in [1.165, 1.54) is 11.3 Å². The number of carbonyl (C=O) groups is 1. The number of alkyl halides is 2. The molecule has 0 spiro atoms. The molecule has 0 unspecified atom stereocenters. The standard InChI is InChI=1S/C23H26F2N6OS/c1-13-29-30-22(33-13)14-2-3-15-12-26-21(7-16(15)6-14)28-23(32)31-19-4-5-20(31)9-17(8-19)27-18(10-24)11-25/h2-3,6-7,12,17-20,27H,4-5,8-11H2,1H3,(H,26,28,32)/t17-,19+,20-. The second kappa shape index (κ2) is 9.26. The molecule has 4 heterocycles. The summed E-state index contributed by atoms with van der Waals surface area (Å²) < 4.78 is 25.8. The molecule has 174 valence electrons. The molecule has 3 atom stereocenters. The molecule has 0 radical (unpaired) electrons. The van der Waals surface area contributed by atoms with Crippen LogP contribution in [-0.4, -0.2) is 63.6 Å². The highest BCUT2D eigenvalue weighted by atomic mass is 32.1. The van der Waals surface area contributed by atoms with Crippen molar-refractivity contribution in [1.82, 2.24) is 25.4 Å². The Morgan fingerprint density at radius 1 is 1.15 bits per heavy atom. The fraction of sp³-hybridized carbons (Fsp3) is 0.478. The molecule has 5 rings (SSSR count). The van der Waals surface area contributed by atoms with Gasteiger partial charge in [-0.05, 0) is 50.1 Å². The van der Waals surface area contributed by atoms with Gasteiger partial charge in [0.05, 0.1) is 6.04 Å². The van der Waals surface area contributed by atoms with E-state index in [-0.39, 0.29) is 24.2 Å². The Morgan fingerprint density at radius 2 is 1.91 bits per heavy atom. The van der Waals surface area contributed by atoms with E-state index in [9.17, 15) is 13.6 Å². The first-order chi connectivity index (χ1) is 16.0. The predicted octanol–water partition coefficient (Wildman–Crippen LogP) is 4.49. The number of carbonyl (C=O) groups excluding carboxylic acids is 1. The van der Waals surface area contributed by atoms with Gasteiger partial charge in [0.1, 0.15) is 29.2 Å². The summed E-state index contributed by atoms with van der Waals surface area (Å²) in [6.07, 6.45) is 4.97. The Morgan fingerprint density at radius 3 is 2.58 bits per heavy atom. The molecule has 2 aromatic heterocycles. The zero-order valence-electron chi connectivity index (χ0n) is 18.3. The van der Waals surface area contributed by atoms with Crippen LogP contribution in [0.1, 0.15) is 30.7 Å². The maximum absolute atomic E-state index is 13.1. The van der Waals surface area contributed by atoms with Gasteiger partial charge < -0.3 is 10.2 Å². The third-order valence-electron chi connectivity index (χ3n) is 6.54. The molecule has 0 aliphatic carbocycles. The molecular formula is C23H26F2N6OS. The lowest BCUT2D eigenvalue weighted by Gasteiger charge is -2.39. The summed E-state index contributed by atoms with van der Waals surface area (Å²) in [5.74, 6) is 0.493. The van der Waals surface area contributed by atoms with E-state index >= 15 is 0 Å². The molecule has 2 aliphatic rings. The number of nitrogens with zero attached hydrogens (tertiary/aromatic N) is 4. The number of aromatic nitrogens is 3. The third kappa shape index (κ3) is 4.54. The second-order valence-corrected chi connectivity index (χ2v) is 10.0. The molecule has 2 bridgehead atoms. The lowest BCUT2D eigenvalue weighted by Crippen LogP contribution is -2.54. The Labute approximate surface area is 194 Å². The van der Waals surface area contributed by atoms with Crippen molar-refractivity contribution in [3.63, 3.8) is 0 Å². The Kier molecular flexibility index (Phi) is 6.20. The fourth-order valence-corrected chi connectivity index (χ4v) is 5.73. The lowest BCUT2D eigenvalue weighted by atomic mass is 9.97. The highest BCUT2D eigenvalue weighted by molar-refractivity contribution is 7.14. The van der Waals surface area contributed by atoms with E-state index in [2.05, 4.69) is 25.8 Å². The van der Waals surface area contributed by atoms with Crippen LogP contribution in [0.2, 0.25) is 0 Å². The summed E-state index contributed by atoms with van der Waals surface area (Å²) in [5, 5.41) is 18.0. The molecule has 0 saturated carbocycles. The van der Waals surface area contributed by atoms with Gasteiger partial charge in [-0.25, -0.2) is 18.6 Å². The van der Waals surface area contributed by atoms with Crippen molar-refractivity contribution in [3.8, 4) is 10.6 Å². The number of amides is 2. The van der Waals surface area contributed by atoms with E-state index in [1.807, 2.05) is 36.1 Å². The summed E-state index contributed by atoms with van der Waals surface area (Å²) in [5.41, 5.74) is 0.976. The van der Waals surface area contributed by atoms with E-state index in [0.717, 1.165) is 39.2 Å². The molecule has 10 heteroatoms. The number of benzene rings is 1. The monoisotopic (exact) mass is 472 g/mol. The Hall–Kier alpha value is -2.72. The molecule has 2 amide bonds. The van der Waals surface area contributed by atoms with Crippen LogP contribution < -0.4 is 10.6 Å². The fourth-order valence-electron chi connectivity index (χ4n) is 5.04. The number of fused-ring (bicyclic) bond motifs is 3. The van der Waals surface area contributed by atoms with Crippen LogP contribution in [0.25, 0.3) is 21.3 Å². The van der Waals surface area contributed by atoms with Crippen LogP contribution >= 0.6 is 11.3 Å². The average molecular weight is 473 g/mol.